The van der Waals surface area contributed by atoms with Gasteiger partial charge in [0.15, 0.2) is 5.16 Å². The van der Waals surface area contributed by atoms with Gasteiger partial charge >= 0.3 is 13.2 Å². The molecule has 3 aromatic rings. The van der Waals surface area contributed by atoms with E-state index in [2.05, 4.69) is 15.0 Å². The minimum atomic E-state index is -2.94. The number of fused-ring (bicyclic) bond motifs is 1. The molecule has 0 aliphatic rings. The molecule has 0 bridgehead atoms. The van der Waals surface area contributed by atoms with Crippen molar-refractivity contribution in [3.63, 3.8) is 0 Å². The maximum atomic E-state index is 13.5. The fourth-order valence-corrected chi connectivity index (χ4v) is 3.39. The Bertz CT molecular complexity index is 963. The molecule has 0 saturated carbocycles. The van der Waals surface area contributed by atoms with E-state index in [0.717, 1.165) is 16.3 Å². The zero-order valence-corrected chi connectivity index (χ0v) is 15.3. The van der Waals surface area contributed by atoms with E-state index in [1.165, 1.54) is 30.3 Å². The SMILES string of the molecule is CC(Sc1nc2ccccc2n1C(F)F)C(=O)Nc1ccc(OC(F)F)cc1. The molecule has 1 atom stereocenters. The lowest BCUT2D eigenvalue weighted by atomic mass is 10.3. The second-order valence-corrected chi connectivity index (χ2v) is 6.99. The zero-order valence-electron chi connectivity index (χ0n) is 14.5. The molecule has 1 N–H and O–H groups in total. The number of nitrogens with zero attached hydrogens (tertiary/aromatic N) is 2. The van der Waals surface area contributed by atoms with Crippen LogP contribution in [0.4, 0.5) is 23.2 Å². The quantitative estimate of drug-likeness (QED) is 0.430. The smallest absolute Gasteiger partial charge is 0.387 e. The van der Waals surface area contributed by atoms with E-state index in [1.54, 1.807) is 25.1 Å². The molecule has 10 heteroatoms. The van der Waals surface area contributed by atoms with E-state index in [-0.39, 0.29) is 16.4 Å². The first-order chi connectivity index (χ1) is 13.3. The number of imidazole rings is 1. The van der Waals surface area contributed by atoms with Crippen LogP contribution in [0, 0.1) is 0 Å². The van der Waals surface area contributed by atoms with E-state index >= 15 is 0 Å². The minimum Gasteiger partial charge on any atom is -0.435 e. The average molecular weight is 413 g/mol. The van der Waals surface area contributed by atoms with Crippen LogP contribution in [0.3, 0.4) is 0 Å². The molecule has 2 aromatic carbocycles. The van der Waals surface area contributed by atoms with Crippen LogP contribution in [0.5, 0.6) is 5.75 Å². The van der Waals surface area contributed by atoms with Crippen molar-refractivity contribution in [3.8, 4) is 5.75 Å². The maximum Gasteiger partial charge on any atom is 0.387 e. The van der Waals surface area contributed by atoms with Crippen LogP contribution >= 0.6 is 11.8 Å². The molecule has 0 radical (unpaired) electrons. The Kier molecular flexibility index (Phi) is 6.08. The molecule has 0 saturated heterocycles. The van der Waals surface area contributed by atoms with E-state index in [4.69, 9.17) is 0 Å². The molecular formula is C18H15F4N3O2S. The first kappa shape index (κ1) is 20.0. The molecule has 1 amide bonds. The Balaban J connectivity index is 1.71. The van der Waals surface area contributed by atoms with Crippen molar-refractivity contribution in [1.82, 2.24) is 9.55 Å². The highest BCUT2D eigenvalue weighted by Gasteiger charge is 2.23. The number of nitrogens with one attached hydrogen (secondary N) is 1. The largest absolute Gasteiger partial charge is 0.435 e. The molecule has 0 fully saturated rings. The number of rotatable bonds is 7. The predicted octanol–water partition coefficient (Wildman–Crippen LogP) is 5.15. The van der Waals surface area contributed by atoms with E-state index in [9.17, 15) is 22.4 Å². The summed E-state index contributed by atoms with van der Waals surface area (Å²) in [5.74, 6) is -0.485. The maximum absolute atomic E-state index is 13.5. The highest BCUT2D eigenvalue weighted by molar-refractivity contribution is 8.00. The third-order valence-electron chi connectivity index (χ3n) is 3.76. The van der Waals surface area contributed by atoms with Crippen LogP contribution in [-0.4, -0.2) is 27.3 Å². The number of benzene rings is 2. The molecule has 1 aromatic heterocycles. The average Bonchev–Trinajstić information content (AvgIpc) is 3.00. The molecule has 0 aliphatic heterocycles. The van der Waals surface area contributed by atoms with Gasteiger partial charge in [0.1, 0.15) is 5.75 Å². The van der Waals surface area contributed by atoms with E-state index in [1.807, 2.05) is 0 Å². The Hall–Kier alpha value is -2.75. The number of carbonyl (C=O) groups is 1. The molecule has 28 heavy (non-hydrogen) atoms. The van der Waals surface area contributed by atoms with Crippen molar-refractivity contribution < 1.29 is 27.1 Å². The van der Waals surface area contributed by atoms with Gasteiger partial charge in [0.25, 0.3) is 0 Å². The first-order valence-electron chi connectivity index (χ1n) is 8.12. The summed E-state index contributed by atoms with van der Waals surface area (Å²) in [7, 11) is 0. The van der Waals surface area contributed by atoms with Crippen molar-refractivity contribution in [2.45, 2.75) is 30.5 Å². The summed E-state index contributed by atoms with van der Waals surface area (Å²) in [4.78, 5) is 16.5. The molecule has 0 aliphatic carbocycles. The second-order valence-electron chi connectivity index (χ2n) is 5.68. The second kappa shape index (κ2) is 8.51. The Labute approximate surface area is 161 Å². The van der Waals surface area contributed by atoms with Gasteiger partial charge in [0, 0.05) is 5.69 Å². The van der Waals surface area contributed by atoms with E-state index < -0.39 is 24.3 Å². The van der Waals surface area contributed by atoms with Gasteiger partial charge in [-0.2, -0.15) is 17.6 Å². The number of halogens is 4. The topological polar surface area (TPSA) is 56.2 Å². The summed E-state index contributed by atoms with van der Waals surface area (Å²) in [6.07, 6.45) is 0. The molecule has 1 unspecified atom stereocenters. The summed E-state index contributed by atoms with van der Waals surface area (Å²) in [6, 6.07) is 11.9. The van der Waals surface area contributed by atoms with Crippen molar-refractivity contribution in [2.75, 3.05) is 5.32 Å². The molecular weight excluding hydrogens is 398 g/mol. The summed E-state index contributed by atoms with van der Waals surface area (Å²) in [5.41, 5.74) is 1.05. The Morgan fingerprint density at radius 3 is 2.43 bits per heavy atom. The summed E-state index contributed by atoms with van der Waals surface area (Å²) in [5, 5.41) is 1.89. The van der Waals surface area contributed by atoms with Crippen molar-refractivity contribution in [2.24, 2.45) is 0 Å². The zero-order chi connectivity index (χ0) is 20.3. The number of anilines is 1. The predicted molar refractivity (Wildman–Crippen MR) is 98.0 cm³/mol. The Morgan fingerprint density at radius 2 is 1.79 bits per heavy atom. The number of hydrogen-bond acceptors (Lipinski definition) is 4. The van der Waals surface area contributed by atoms with Gasteiger partial charge in [-0.05, 0) is 43.3 Å². The molecule has 0 spiro atoms. The number of alkyl halides is 4. The fraction of sp³-hybridized carbons (Fsp3) is 0.222. The van der Waals surface area contributed by atoms with Crippen LogP contribution < -0.4 is 10.1 Å². The van der Waals surface area contributed by atoms with Crippen LogP contribution in [0.15, 0.2) is 53.7 Å². The van der Waals surface area contributed by atoms with Gasteiger partial charge < -0.3 is 10.1 Å². The van der Waals surface area contributed by atoms with Gasteiger partial charge in [-0.15, -0.1) is 0 Å². The summed E-state index contributed by atoms with van der Waals surface area (Å²) < 4.78 is 56.2. The van der Waals surface area contributed by atoms with Crippen LogP contribution in [0.2, 0.25) is 0 Å². The van der Waals surface area contributed by atoms with Gasteiger partial charge in [-0.1, -0.05) is 23.9 Å². The number of ether oxygens (including phenoxy) is 1. The van der Waals surface area contributed by atoms with Gasteiger partial charge in [0.05, 0.1) is 16.3 Å². The van der Waals surface area contributed by atoms with Crippen LogP contribution in [0.1, 0.15) is 13.5 Å². The monoisotopic (exact) mass is 413 g/mol. The number of aromatic nitrogens is 2. The highest BCUT2D eigenvalue weighted by atomic mass is 32.2. The molecule has 3 rings (SSSR count). The highest BCUT2D eigenvalue weighted by Crippen LogP contribution is 2.31. The van der Waals surface area contributed by atoms with Crippen molar-refractivity contribution >= 4 is 34.4 Å². The Morgan fingerprint density at radius 1 is 1.11 bits per heavy atom. The number of thioether (sulfide) groups is 1. The minimum absolute atomic E-state index is 0.0273. The van der Waals surface area contributed by atoms with Crippen LogP contribution in [0.25, 0.3) is 11.0 Å². The molecule has 5 nitrogen and oxygen atoms in total. The third kappa shape index (κ3) is 4.56. The number of hydrogen-bond donors (Lipinski definition) is 1. The van der Waals surface area contributed by atoms with Crippen molar-refractivity contribution in [3.05, 3.63) is 48.5 Å². The summed E-state index contributed by atoms with van der Waals surface area (Å²) in [6.45, 7) is -4.18. The first-order valence-corrected chi connectivity index (χ1v) is 9.00. The summed E-state index contributed by atoms with van der Waals surface area (Å²) >= 11 is 0.899. The van der Waals surface area contributed by atoms with E-state index in [0.29, 0.717) is 11.2 Å². The normalized spacial score (nSPS) is 12.5. The lowest BCUT2D eigenvalue weighted by Crippen LogP contribution is -2.23. The van der Waals surface area contributed by atoms with Gasteiger partial charge in [-0.25, -0.2) is 4.98 Å². The lowest BCUT2D eigenvalue weighted by Gasteiger charge is -2.13. The number of para-hydroxylation sites is 2. The molecule has 148 valence electrons. The standard InChI is InChI=1S/C18H15F4N3O2S/c1-10(15(26)23-11-6-8-12(9-7-11)27-17(21)22)28-18-24-13-4-2-3-5-14(13)25(18)16(19)20/h2-10,16-17H,1H3,(H,23,26). The van der Waals surface area contributed by atoms with Crippen LogP contribution in [-0.2, 0) is 4.79 Å². The van der Waals surface area contributed by atoms with Crippen molar-refractivity contribution in [1.29, 1.82) is 0 Å². The van der Waals surface area contributed by atoms with Gasteiger partial charge in [0.2, 0.25) is 5.91 Å². The third-order valence-corrected chi connectivity index (χ3v) is 4.82. The molecule has 1 heterocycles. The number of carbonyl (C=O) groups excluding carboxylic acids is 1. The fourth-order valence-electron chi connectivity index (χ4n) is 2.47. The lowest BCUT2D eigenvalue weighted by molar-refractivity contribution is -0.115. The number of amides is 1. The van der Waals surface area contributed by atoms with Gasteiger partial charge in [-0.3, -0.25) is 9.36 Å².